The number of hydrogen-bond donors (Lipinski definition) is 2. The highest BCUT2D eigenvalue weighted by Crippen LogP contribution is 2.32. The number of carbonyl (C=O) groups excluding carboxylic acids is 2. The number of amides is 1. The summed E-state index contributed by atoms with van der Waals surface area (Å²) in [5, 5.41) is 6.91. The molecule has 152 valence electrons. The van der Waals surface area contributed by atoms with Gasteiger partial charge in [-0.15, -0.1) is 0 Å². The average Bonchev–Trinajstić information content (AvgIpc) is 2.98. The molecule has 2 aromatic rings. The van der Waals surface area contributed by atoms with Crippen LogP contribution < -0.4 is 10.6 Å². The number of aryl methyl sites for hydroxylation is 1. The number of esters is 1. The first-order chi connectivity index (χ1) is 13.5. The van der Waals surface area contributed by atoms with Crippen molar-refractivity contribution in [2.45, 2.75) is 32.1 Å². The van der Waals surface area contributed by atoms with Gasteiger partial charge in [0.15, 0.2) is 5.69 Å². The number of aromatic nitrogens is 2. The molecule has 0 unspecified atom stereocenters. The summed E-state index contributed by atoms with van der Waals surface area (Å²) in [6.07, 6.45) is 8.17. The molecule has 1 aliphatic carbocycles. The molecule has 2 aromatic heterocycles. The fraction of sp³-hybridized carbons (Fsp3) is 0.550. The van der Waals surface area contributed by atoms with Crippen molar-refractivity contribution < 1.29 is 19.1 Å². The lowest BCUT2D eigenvalue weighted by molar-refractivity contribution is -0.119. The van der Waals surface area contributed by atoms with Gasteiger partial charge in [-0.3, -0.25) is 4.79 Å². The van der Waals surface area contributed by atoms with Crippen molar-refractivity contribution in [2.75, 3.05) is 38.0 Å². The largest absolute Gasteiger partial charge is 0.464 e. The van der Waals surface area contributed by atoms with Crippen LogP contribution in [0, 0.1) is 5.92 Å². The summed E-state index contributed by atoms with van der Waals surface area (Å²) >= 11 is 0. The molecule has 8 nitrogen and oxygen atoms in total. The van der Waals surface area contributed by atoms with Gasteiger partial charge in [-0.25, -0.2) is 9.78 Å². The summed E-state index contributed by atoms with van der Waals surface area (Å²) in [6, 6.07) is 1.92. The second kappa shape index (κ2) is 9.05. The highest BCUT2D eigenvalue weighted by molar-refractivity contribution is 6.11. The van der Waals surface area contributed by atoms with Crippen LogP contribution in [0.3, 0.4) is 0 Å². The van der Waals surface area contributed by atoms with Crippen LogP contribution >= 0.6 is 0 Å². The Balaban J connectivity index is 1.92. The van der Waals surface area contributed by atoms with E-state index >= 15 is 0 Å². The third-order valence-corrected chi connectivity index (χ3v) is 5.26. The van der Waals surface area contributed by atoms with E-state index in [4.69, 9.17) is 9.47 Å². The van der Waals surface area contributed by atoms with Gasteiger partial charge in [0.05, 0.1) is 24.7 Å². The minimum Gasteiger partial charge on any atom is -0.464 e. The van der Waals surface area contributed by atoms with Crippen molar-refractivity contribution in [3.05, 3.63) is 18.0 Å². The number of nitrogens with one attached hydrogen (secondary N) is 2. The van der Waals surface area contributed by atoms with Crippen molar-refractivity contribution in [1.29, 1.82) is 0 Å². The molecule has 3 rings (SSSR count). The second-order valence-electron chi connectivity index (χ2n) is 7.24. The third-order valence-electron chi connectivity index (χ3n) is 5.26. The maximum Gasteiger partial charge on any atom is 0.356 e. The standard InChI is InChI=1S/C20H28N4O4/c1-24-18(20(26)28-3)17(23-16(25)12-27-2)15-9-14(11-22-19(15)24)21-10-13-7-5-4-6-8-13/h9,11,13,21H,4-8,10,12H2,1-3H3,(H,23,25). The number of ether oxygens (including phenoxy) is 2. The Kier molecular flexibility index (Phi) is 6.51. The van der Waals surface area contributed by atoms with E-state index in [1.165, 1.54) is 46.3 Å². The zero-order chi connectivity index (χ0) is 20.1. The molecule has 0 atom stereocenters. The van der Waals surface area contributed by atoms with E-state index in [9.17, 15) is 9.59 Å². The molecule has 1 fully saturated rings. The maximum absolute atomic E-state index is 12.3. The summed E-state index contributed by atoms with van der Waals surface area (Å²) in [6.45, 7) is 0.791. The van der Waals surface area contributed by atoms with E-state index in [0.717, 1.165) is 12.2 Å². The number of fused-ring (bicyclic) bond motifs is 1. The summed E-state index contributed by atoms with van der Waals surface area (Å²) in [4.78, 5) is 28.9. The molecule has 0 aliphatic heterocycles. The first-order valence-electron chi connectivity index (χ1n) is 9.64. The minimum atomic E-state index is -0.537. The van der Waals surface area contributed by atoms with Crippen LogP contribution in [0.1, 0.15) is 42.6 Å². The van der Waals surface area contributed by atoms with Crippen molar-refractivity contribution >= 4 is 34.3 Å². The average molecular weight is 388 g/mol. The van der Waals surface area contributed by atoms with Crippen molar-refractivity contribution in [3.8, 4) is 0 Å². The van der Waals surface area contributed by atoms with E-state index < -0.39 is 5.97 Å². The Morgan fingerprint density at radius 2 is 2.00 bits per heavy atom. The molecule has 0 radical (unpaired) electrons. The molecule has 2 N–H and O–H groups in total. The van der Waals surface area contributed by atoms with Crippen LogP contribution in [0.15, 0.2) is 12.3 Å². The van der Waals surface area contributed by atoms with E-state index in [1.807, 2.05) is 6.07 Å². The molecular formula is C20H28N4O4. The normalized spacial score (nSPS) is 14.8. The van der Waals surface area contributed by atoms with Gasteiger partial charge < -0.3 is 24.7 Å². The lowest BCUT2D eigenvalue weighted by Crippen LogP contribution is -2.19. The van der Waals surface area contributed by atoms with E-state index in [-0.39, 0.29) is 18.2 Å². The lowest BCUT2D eigenvalue weighted by Gasteiger charge is -2.22. The second-order valence-corrected chi connectivity index (χ2v) is 7.24. The predicted octanol–water partition coefficient (Wildman–Crippen LogP) is 2.94. The lowest BCUT2D eigenvalue weighted by atomic mass is 9.89. The molecule has 2 heterocycles. The SMILES string of the molecule is COCC(=O)Nc1c(C(=O)OC)n(C)c2ncc(NCC3CCCCC3)cc12. The summed E-state index contributed by atoms with van der Waals surface area (Å²) in [7, 11) is 4.48. The van der Waals surface area contributed by atoms with Crippen molar-refractivity contribution in [1.82, 2.24) is 9.55 Å². The Morgan fingerprint density at radius 3 is 2.68 bits per heavy atom. The molecule has 1 saturated carbocycles. The number of methoxy groups -OCH3 is 2. The fourth-order valence-electron chi connectivity index (χ4n) is 3.83. The zero-order valence-electron chi connectivity index (χ0n) is 16.7. The molecule has 8 heteroatoms. The molecule has 28 heavy (non-hydrogen) atoms. The molecule has 1 amide bonds. The highest BCUT2D eigenvalue weighted by atomic mass is 16.5. The number of rotatable bonds is 7. The van der Waals surface area contributed by atoms with E-state index in [2.05, 4.69) is 15.6 Å². The molecule has 1 aliphatic rings. The van der Waals surface area contributed by atoms with E-state index in [1.54, 1.807) is 17.8 Å². The van der Waals surface area contributed by atoms with Crippen molar-refractivity contribution in [2.24, 2.45) is 13.0 Å². The van der Waals surface area contributed by atoms with Crippen LogP contribution in [-0.2, 0) is 21.3 Å². The minimum absolute atomic E-state index is 0.107. The van der Waals surface area contributed by atoms with Gasteiger partial charge in [-0.05, 0) is 24.8 Å². The first-order valence-corrected chi connectivity index (χ1v) is 9.64. The van der Waals surface area contributed by atoms with Gasteiger partial charge >= 0.3 is 5.97 Å². The highest BCUT2D eigenvalue weighted by Gasteiger charge is 2.24. The number of anilines is 2. The van der Waals surface area contributed by atoms with Crippen LogP contribution in [0.2, 0.25) is 0 Å². The third kappa shape index (κ3) is 4.27. The Bertz CT molecular complexity index is 855. The zero-order valence-corrected chi connectivity index (χ0v) is 16.7. The predicted molar refractivity (Wildman–Crippen MR) is 108 cm³/mol. The molecule has 0 aromatic carbocycles. The monoisotopic (exact) mass is 388 g/mol. The Hall–Kier alpha value is -2.61. The number of hydrogen-bond acceptors (Lipinski definition) is 6. The number of carbonyl (C=O) groups is 2. The summed E-state index contributed by atoms with van der Waals surface area (Å²) in [5.41, 5.74) is 2.10. The Labute approximate surface area is 164 Å². The molecule has 0 bridgehead atoms. The summed E-state index contributed by atoms with van der Waals surface area (Å²) in [5.74, 6) is -0.211. The van der Waals surface area contributed by atoms with Gasteiger partial charge in [0, 0.05) is 26.1 Å². The van der Waals surface area contributed by atoms with Crippen LogP contribution in [0.25, 0.3) is 11.0 Å². The topological polar surface area (TPSA) is 94.5 Å². The van der Waals surface area contributed by atoms with Gasteiger partial charge in [-0.2, -0.15) is 0 Å². The first kappa shape index (κ1) is 20.1. The quantitative estimate of drug-likeness (QED) is 0.708. The van der Waals surface area contributed by atoms with Crippen LogP contribution in [0.5, 0.6) is 0 Å². The van der Waals surface area contributed by atoms with E-state index in [0.29, 0.717) is 22.6 Å². The van der Waals surface area contributed by atoms with Crippen molar-refractivity contribution in [3.63, 3.8) is 0 Å². The number of pyridine rings is 1. The van der Waals surface area contributed by atoms with Gasteiger partial charge in [0.1, 0.15) is 12.3 Å². The Morgan fingerprint density at radius 1 is 1.25 bits per heavy atom. The summed E-state index contributed by atoms with van der Waals surface area (Å²) < 4.78 is 11.4. The van der Waals surface area contributed by atoms with Gasteiger partial charge in [0.25, 0.3) is 0 Å². The number of nitrogens with zero attached hydrogens (tertiary/aromatic N) is 2. The maximum atomic E-state index is 12.3. The van der Waals surface area contributed by atoms with Crippen LogP contribution in [-0.4, -0.2) is 48.8 Å². The smallest absolute Gasteiger partial charge is 0.356 e. The van der Waals surface area contributed by atoms with Gasteiger partial charge in [0.2, 0.25) is 5.91 Å². The molecule has 0 spiro atoms. The molecular weight excluding hydrogens is 360 g/mol. The van der Waals surface area contributed by atoms with Crippen LogP contribution in [0.4, 0.5) is 11.4 Å². The molecule has 0 saturated heterocycles. The fourth-order valence-corrected chi connectivity index (χ4v) is 3.83. The van der Waals surface area contributed by atoms with Gasteiger partial charge in [-0.1, -0.05) is 19.3 Å².